The Balaban J connectivity index is 1.55. The number of nitrogens with two attached hydrogens (primary N) is 1. The van der Waals surface area contributed by atoms with Crippen LogP contribution in [0, 0.1) is 11.6 Å². The van der Waals surface area contributed by atoms with E-state index in [-0.39, 0.29) is 31.5 Å². The number of nitrogen functional groups attached to an aromatic ring is 1. The number of anilines is 2. The second kappa shape index (κ2) is 6.94. The van der Waals surface area contributed by atoms with Crippen LogP contribution in [0.25, 0.3) is 32.2 Å². The van der Waals surface area contributed by atoms with Gasteiger partial charge in [0, 0.05) is 41.7 Å². The molecule has 6 rings (SSSR count). The maximum atomic E-state index is 15.8. The fraction of sp³-hybridized carbons (Fsp3) is 0.286. The van der Waals surface area contributed by atoms with Crippen LogP contribution in [-0.4, -0.2) is 40.1 Å². The SMILES string of the molecule is Nc1nc2c(-c3c(Cl)cc4c(N5CC6CCC(C5)N6)ncnc4c3F)ccc(F)c2s1. The Morgan fingerprint density at radius 3 is 2.68 bits per heavy atom. The Labute approximate surface area is 185 Å². The van der Waals surface area contributed by atoms with Gasteiger partial charge in [-0.15, -0.1) is 0 Å². The quantitative estimate of drug-likeness (QED) is 0.464. The van der Waals surface area contributed by atoms with Crippen LogP contribution in [0.4, 0.5) is 19.7 Å². The molecule has 2 aromatic carbocycles. The fourth-order valence-corrected chi connectivity index (χ4v) is 5.84. The number of hydrogen-bond donors (Lipinski definition) is 2. The minimum Gasteiger partial charge on any atom is -0.375 e. The molecule has 2 bridgehead atoms. The number of rotatable bonds is 2. The molecule has 2 atom stereocenters. The molecule has 2 aromatic heterocycles. The van der Waals surface area contributed by atoms with Crippen molar-refractivity contribution in [2.45, 2.75) is 24.9 Å². The van der Waals surface area contributed by atoms with Gasteiger partial charge in [-0.05, 0) is 31.0 Å². The predicted octanol–water partition coefficient (Wildman–Crippen LogP) is 4.36. The Bertz CT molecular complexity index is 1350. The molecular weight excluding hydrogens is 442 g/mol. The summed E-state index contributed by atoms with van der Waals surface area (Å²) in [6.07, 6.45) is 3.63. The molecule has 0 aliphatic carbocycles. The van der Waals surface area contributed by atoms with Crippen LogP contribution in [0.1, 0.15) is 12.8 Å². The number of benzene rings is 2. The number of thiazole rings is 1. The first kappa shape index (κ1) is 19.1. The minimum atomic E-state index is -0.580. The first-order valence-corrected chi connectivity index (χ1v) is 11.2. The lowest BCUT2D eigenvalue weighted by Gasteiger charge is -2.34. The molecule has 10 heteroatoms. The van der Waals surface area contributed by atoms with Gasteiger partial charge in [0.25, 0.3) is 0 Å². The first-order chi connectivity index (χ1) is 15.0. The van der Waals surface area contributed by atoms with Crippen molar-refractivity contribution in [1.82, 2.24) is 20.3 Å². The second-order valence-corrected chi connectivity index (χ2v) is 9.45. The highest BCUT2D eigenvalue weighted by Crippen LogP contribution is 2.42. The molecule has 4 aromatic rings. The molecule has 0 radical (unpaired) electrons. The second-order valence-electron chi connectivity index (χ2n) is 8.01. The molecule has 2 saturated heterocycles. The van der Waals surface area contributed by atoms with Gasteiger partial charge in [0.1, 0.15) is 23.5 Å². The zero-order valence-electron chi connectivity index (χ0n) is 16.2. The molecule has 158 valence electrons. The number of hydrogen-bond acceptors (Lipinski definition) is 7. The van der Waals surface area contributed by atoms with E-state index in [1.807, 2.05) is 0 Å². The standard InChI is InChI=1S/C21H17ClF2N6S/c22-13-5-12-17(26-8-27-20(12)30-6-9-1-2-10(7-30)28-9)16(24)15(13)11-3-4-14(23)19-18(11)29-21(25)31-19/h3-5,8-10,28H,1-2,6-7H2,(H2,25,29). The lowest BCUT2D eigenvalue weighted by molar-refractivity contribution is 0.464. The largest absolute Gasteiger partial charge is 0.375 e. The summed E-state index contributed by atoms with van der Waals surface area (Å²) in [5.74, 6) is -0.357. The van der Waals surface area contributed by atoms with Crippen LogP contribution < -0.4 is 16.0 Å². The van der Waals surface area contributed by atoms with Gasteiger partial charge >= 0.3 is 0 Å². The number of nitrogens with one attached hydrogen (secondary N) is 1. The van der Waals surface area contributed by atoms with Gasteiger partial charge in [-0.25, -0.2) is 23.7 Å². The monoisotopic (exact) mass is 458 g/mol. The average Bonchev–Trinajstić information content (AvgIpc) is 3.31. The Hall–Kier alpha value is -2.62. The summed E-state index contributed by atoms with van der Waals surface area (Å²) in [7, 11) is 0. The van der Waals surface area contributed by atoms with Gasteiger partial charge in [-0.1, -0.05) is 22.9 Å². The van der Waals surface area contributed by atoms with E-state index >= 15 is 4.39 Å². The molecule has 2 aliphatic heterocycles. The molecule has 2 unspecified atom stereocenters. The summed E-state index contributed by atoms with van der Waals surface area (Å²) in [5, 5.41) is 4.54. The molecule has 4 heterocycles. The Morgan fingerprint density at radius 1 is 1.13 bits per heavy atom. The molecule has 0 spiro atoms. The van der Waals surface area contributed by atoms with Crippen LogP contribution in [-0.2, 0) is 0 Å². The van der Waals surface area contributed by atoms with Crippen molar-refractivity contribution in [3.05, 3.63) is 41.2 Å². The van der Waals surface area contributed by atoms with Gasteiger partial charge < -0.3 is 16.0 Å². The van der Waals surface area contributed by atoms with Gasteiger partial charge in [-0.3, -0.25) is 0 Å². The summed E-state index contributed by atoms with van der Waals surface area (Å²) >= 11 is 7.61. The lowest BCUT2D eigenvalue weighted by atomic mass is 10.0. The lowest BCUT2D eigenvalue weighted by Crippen LogP contribution is -2.51. The van der Waals surface area contributed by atoms with E-state index in [0.29, 0.717) is 28.9 Å². The maximum absolute atomic E-state index is 15.8. The van der Waals surface area contributed by atoms with E-state index in [1.165, 1.54) is 18.5 Å². The van der Waals surface area contributed by atoms with E-state index in [2.05, 4.69) is 25.2 Å². The van der Waals surface area contributed by atoms with Gasteiger partial charge in [0.15, 0.2) is 10.9 Å². The summed E-state index contributed by atoms with van der Waals surface area (Å²) in [4.78, 5) is 15.1. The molecule has 2 aliphatic rings. The minimum absolute atomic E-state index is 0.134. The summed E-state index contributed by atoms with van der Waals surface area (Å²) in [6, 6.07) is 5.26. The smallest absolute Gasteiger partial charge is 0.181 e. The van der Waals surface area contributed by atoms with Gasteiger partial charge in [0.2, 0.25) is 0 Å². The fourth-order valence-electron chi connectivity index (χ4n) is 4.78. The molecular formula is C21H17ClF2N6S. The van der Waals surface area contributed by atoms with Crippen LogP contribution >= 0.6 is 22.9 Å². The number of piperazine rings is 1. The molecule has 31 heavy (non-hydrogen) atoms. The Morgan fingerprint density at radius 2 is 1.90 bits per heavy atom. The summed E-state index contributed by atoms with van der Waals surface area (Å²) in [6.45, 7) is 1.61. The van der Waals surface area contributed by atoms with E-state index in [9.17, 15) is 4.39 Å². The van der Waals surface area contributed by atoms with Crippen molar-refractivity contribution in [2.75, 3.05) is 23.7 Å². The number of aromatic nitrogens is 3. The predicted molar refractivity (Wildman–Crippen MR) is 120 cm³/mol. The zero-order chi connectivity index (χ0) is 21.3. The van der Waals surface area contributed by atoms with Crippen LogP contribution in [0.3, 0.4) is 0 Å². The maximum Gasteiger partial charge on any atom is 0.181 e. The van der Waals surface area contributed by atoms with Crippen molar-refractivity contribution in [1.29, 1.82) is 0 Å². The Kier molecular flexibility index (Phi) is 4.28. The molecule has 0 amide bonds. The van der Waals surface area contributed by atoms with Crippen molar-refractivity contribution in [3.63, 3.8) is 0 Å². The molecule has 6 nitrogen and oxygen atoms in total. The van der Waals surface area contributed by atoms with Crippen molar-refractivity contribution in [3.8, 4) is 11.1 Å². The summed E-state index contributed by atoms with van der Waals surface area (Å²) < 4.78 is 30.3. The van der Waals surface area contributed by atoms with Crippen molar-refractivity contribution < 1.29 is 8.78 Å². The van der Waals surface area contributed by atoms with Crippen LogP contribution in [0.2, 0.25) is 5.02 Å². The van der Waals surface area contributed by atoms with Crippen LogP contribution in [0.15, 0.2) is 24.5 Å². The van der Waals surface area contributed by atoms with Gasteiger partial charge in [-0.2, -0.15) is 0 Å². The van der Waals surface area contributed by atoms with Gasteiger partial charge in [0.05, 0.1) is 15.2 Å². The number of nitrogens with zero attached hydrogens (tertiary/aromatic N) is 4. The third-order valence-corrected chi connectivity index (χ3v) is 7.29. The molecule has 2 fully saturated rings. The normalized spacial score (nSPS) is 20.8. The summed E-state index contributed by atoms with van der Waals surface area (Å²) in [5.41, 5.74) is 6.77. The zero-order valence-corrected chi connectivity index (χ0v) is 17.8. The van der Waals surface area contributed by atoms with E-state index in [1.54, 1.807) is 6.07 Å². The van der Waals surface area contributed by atoms with Crippen molar-refractivity contribution in [2.24, 2.45) is 0 Å². The average molecular weight is 459 g/mol. The number of fused-ring (bicyclic) bond motifs is 4. The topological polar surface area (TPSA) is 80.0 Å². The molecule has 3 N–H and O–H groups in total. The highest BCUT2D eigenvalue weighted by atomic mass is 35.5. The van der Waals surface area contributed by atoms with E-state index in [4.69, 9.17) is 17.3 Å². The third kappa shape index (κ3) is 2.95. The highest BCUT2D eigenvalue weighted by molar-refractivity contribution is 7.22. The highest BCUT2D eigenvalue weighted by Gasteiger charge is 2.33. The third-order valence-electron chi connectivity index (χ3n) is 6.10. The molecule has 0 saturated carbocycles. The number of halogens is 3. The first-order valence-electron chi connectivity index (χ1n) is 9.98. The van der Waals surface area contributed by atoms with E-state index < -0.39 is 11.6 Å². The van der Waals surface area contributed by atoms with E-state index in [0.717, 1.165) is 37.3 Å². The van der Waals surface area contributed by atoms with Crippen LogP contribution in [0.5, 0.6) is 0 Å². The van der Waals surface area contributed by atoms with Crippen molar-refractivity contribution >= 4 is 55.0 Å².